The molecule has 290 valence electrons. The quantitative estimate of drug-likeness (QED) is 0.130. The Bertz CT molecular complexity index is 2570. The molecular weight excluding hydrogens is 697 g/mol. The highest BCUT2D eigenvalue weighted by atomic mass is 16.5. The molecule has 0 amide bonds. The zero-order valence-corrected chi connectivity index (χ0v) is 34.3. The minimum atomic E-state index is -0.214. The van der Waals surface area contributed by atoms with Crippen LogP contribution in [0.5, 0.6) is 11.5 Å². The molecule has 2 aliphatic heterocycles. The van der Waals surface area contributed by atoms with E-state index in [0.717, 1.165) is 133 Å². The number of nitrogens with zero attached hydrogens (tertiary/aromatic N) is 4. The minimum Gasteiger partial charge on any atom is -0.465 e. The lowest BCUT2D eigenvalue weighted by Crippen LogP contribution is -2.39. The average molecular weight is 753 g/mol. The topological polar surface area (TPSA) is 51.2 Å². The van der Waals surface area contributed by atoms with Crippen molar-refractivity contribution in [2.45, 2.75) is 45.8 Å². The van der Waals surface area contributed by atoms with Gasteiger partial charge >= 0.3 is 0 Å². The van der Waals surface area contributed by atoms with Crippen LogP contribution in [0, 0.1) is 5.41 Å². The summed E-state index contributed by atoms with van der Waals surface area (Å²) < 4.78 is 28.2. The van der Waals surface area contributed by atoms with E-state index >= 15 is 0 Å². The third kappa shape index (κ3) is 7.17. The van der Waals surface area contributed by atoms with Crippen molar-refractivity contribution in [2.24, 2.45) is 5.41 Å². The Balaban J connectivity index is 1.06. The van der Waals surface area contributed by atoms with Crippen LogP contribution in [0.4, 0.5) is 11.4 Å². The molecule has 2 aromatic heterocycles. The minimum absolute atomic E-state index is 0.0599. The maximum absolute atomic E-state index is 6.87. The maximum Gasteiger partial charge on any atom is 0.200 e. The van der Waals surface area contributed by atoms with E-state index in [0.29, 0.717) is 0 Å². The van der Waals surface area contributed by atoms with Crippen molar-refractivity contribution in [3.05, 3.63) is 108 Å². The normalized spacial score (nSPS) is 19.7. The predicted molar refractivity (Wildman–Crippen MR) is 229 cm³/mol. The molecular formula is C48H56N4O4+2. The Morgan fingerprint density at radius 2 is 1.27 bits per heavy atom. The molecule has 0 fully saturated rings. The van der Waals surface area contributed by atoms with Crippen molar-refractivity contribution in [3.63, 3.8) is 0 Å². The van der Waals surface area contributed by atoms with Crippen LogP contribution in [0.2, 0.25) is 0 Å². The zero-order chi connectivity index (χ0) is 39.0. The van der Waals surface area contributed by atoms with Gasteiger partial charge in [0.25, 0.3) is 0 Å². The van der Waals surface area contributed by atoms with Gasteiger partial charge < -0.3 is 37.1 Å². The number of rotatable bonds is 10. The van der Waals surface area contributed by atoms with Gasteiger partial charge in [0.1, 0.15) is 28.1 Å². The van der Waals surface area contributed by atoms with E-state index in [9.17, 15) is 0 Å². The molecule has 4 heterocycles. The maximum atomic E-state index is 6.87. The molecule has 0 saturated carbocycles. The van der Waals surface area contributed by atoms with Gasteiger partial charge in [-0.3, -0.25) is 0 Å². The van der Waals surface area contributed by atoms with Gasteiger partial charge in [0.05, 0.1) is 66.8 Å². The number of hydrogen-bond acceptors (Lipinski definition) is 6. The van der Waals surface area contributed by atoms with Crippen LogP contribution in [-0.2, 0) is 0 Å². The Morgan fingerprint density at radius 3 is 1.91 bits per heavy atom. The van der Waals surface area contributed by atoms with Gasteiger partial charge in [0.15, 0.2) is 12.0 Å². The molecule has 1 atom stereocenters. The number of fused-ring (bicyclic) bond motifs is 8. The second-order valence-corrected chi connectivity index (χ2v) is 19.0. The van der Waals surface area contributed by atoms with Gasteiger partial charge in [-0.05, 0) is 59.7 Å². The summed E-state index contributed by atoms with van der Waals surface area (Å²) in [6.07, 6.45) is 10.8. The lowest BCUT2D eigenvalue weighted by Gasteiger charge is -2.32. The summed E-state index contributed by atoms with van der Waals surface area (Å²) in [6.45, 7) is 8.62. The Labute approximate surface area is 330 Å². The smallest absolute Gasteiger partial charge is 0.200 e. The standard InChI is InChI=1S/C48H56N4O4/c1-48(2)30-32(24-46-49(19-13-21-51(3,4)5)38-28-42-36(26-44(38)55-46)34-15-9-11-17-40(34)53-42)23-33(31-48)25-47-50(20-14-22-52(6,7)8)39-29-43-37(27-45(39)56-47)35-16-10-12-18-41(35)54-43/h9-12,15-18,23-29,46H,13-14,19-22,30-31H2,1-8H3/q+2. The summed E-state index contributed by atoms with van der Waals surface area (Å²) in [5, 5.41) is 4.40. The highest BCUT2D eigenvalue weighted by Gasteiger charge is 2.34. The first kappa shape index (κ1) is 36.5. The highest BCUT2D eigenvalue weighted by Crippen LogP contribution is 2.47. The summed E-state index contributed by atoms with van der Waals surface area (Å²) in [4.78, 5) is 4.79. The summed E-state index contributed by atoms with van der Waals surface area (Å²) in [5.74, 6) is 2.67. The molecule has 8 heteroatoms. The molecule has 9 rings (SSSR count). The van der Waals surface area contributed by atoms with Crippen LogP contribution >= 0.6 is 0 Å². The number of para-hydroxylation sites is 2. The van der Waals surface area contributed by atoms with E-state index < -0.39 is 0 Å². The third-order valence-corrected chi connectivity index (χ3v) is 11.4. The summed E-state index contributed by atoms with van der Waals surface area (Å²) in [7, 11) is 13.5. The molecule has 0 saturated heterocycles. The first-order valence-electron chi connectivity index (χ1n) is 20.2. The van der Waals surface area contributed by atoms with E-state index in [2.05, 4.69) is 133 Å². The number of anilines is 2. The third-order valence-electron chi connectivity index (χ3n) is 11.4. The average Bonchev–Trinajstić information content (AvgIpc) is 3.85. The number of hydrogen-bond donors (Lipinski definition) is 0. The zero-order valence-electron chi connectivity index (χ0n) is 34.3. The van der Waals surface area contributed by atoms with Crippen molar-refractivity contribution < 1.29 is 27.3 Å². The Kier molecular flexibility index (Phi) is 8.78. The molecule has 56 heavy (non-hydrogen) atoms. The van der Waals surface area contributed by atoms with Gasteiger partial charge in [-0.25, -0.2) is 0 Å². The van der Waals surface area contributed by atoms with E-state index in [4.69, 9.17) is 18.3 Å². The Morgan fingerprint density at radius 1 is 0.679 bits per heavy atom. The van der Waals surface area contributed by atoms with Crippen molar-refractivity contribution in [1.29, 1.82) is 0 Å². The number of quaternary nitrogens is 2. The molecule has 0 bridgehead atoms. The lowest BCUT2D eigenvalue weighted by molar-refractivity contribution is -0.870. The van der Waals surface area contributed by atoms with Gasteiger partial charge in [-0.15, -0.1) is 0 Å². The van der Waals surface area contributed by atoms with E-state index in [1.807, 2.05) is 24.3 Å². The van der Waals surface area contributed by atoms with Crippen LogP contribution in [0.1, 0.15) is 39.5 Å². The molecule has 0 spiro atoms. The number of benzene rings is 4. The predicted octanol–water partition coefficient (Wildman–Crippen LogP) is 10.6. The fraction of sp³-hybridized carbons (Fsp3) is 0.375. The second-order valence-electron chi connectivity index (χ2n) is 19.0. The van der Waals surface area contributed by atoms with Gasteiger partial charge in [-0.1, -0.05) is 56.3 Å². The number of allylic oxidation sites excluding steroid dienone is 4. The molecule has 1 unspecified atom stereocenters. The molecule has 0 radical (unpaired) electrons. The molecule has 0 N–H and O–H groups in total. The fourth-order valence-corrected chi connectivity index (χ4v) is 8.89. The molecule has 8 nitrogen and oxygen atoms in total. The van der Waals surface area contributed by atoms with Crippen LogP contribution in [0.25, 0.3) is 43.9 Å². The SMILES string of the molecule is CC1(C)CC(C=C2Oc3cc4c(cc3N2CCC[N+](C)(C)C)oc2ccccc24)=CC(=CC2Oc3cc4c(cc3N2CCC[N+](C)(C)C)oc2ccccc24)C1. The second kappa shape index (κ2) is 13.5. The largest absolute Gasteiger partial charge is 0.465 e. The monoisotopic (exact) mass is 752 g/mol. The van der Waals surface area contributed by atoms with Crippen molar-refractivity contribution in [2.75, 3.05) is 78.3 Å². The van der Waals surface area contributed by atoms with Gasteiger partial charge in [-0.2, -0.15) is 0 Å². The first-order chi connectivity index (χ1) is 26.7. The summed E-state index contributed by atoms with van der Waals surface area (Å²) in [5.41, 5.74) is 8.36. The molecule has 6 aromatic rings. The van der Waals surface area contributed by atoms with E-state index in [1.165, 1.54) is 11.1 Å². The van der Waals surface area contributed by atoms with Crippen LogP contribution in [0.15, 0.2) is 117 Å². The molecule has 1 aliphatic carbocycles. The van der Waals surface area contributed by atoms with Crippen molar-refractivity contribution in [3.8, 4) is 11.5 Å². The highest BCUT2D eigenvalue weighted by molar-refractivity contribution is 6.08. The van der Waals surface area contributed by atoms with Crippen molar-refractivity contribution in [1.82, 2.24) is 0 Å². The fourth-order valence-electron chi connectivity index (χ4n) is 8.89. The summed E-state index contributed by atoms with van der Waals surface area (Å²) >= 11 is 0. The number of ether oxygens (including phenoxy) is 2. The number of furan rings is 2. The first-order valence-corrected chi connectivity index (χ1v) is 20.2. The molecule has 4 aromatic carbocycles. The Hall–Kier alpha value is -5.18. The van der Waals surface area contributed by atoms with E-state index in [-0.39, 0.29) is 11.6 Å². The molecule has 3 aliphatic rings. The lowest BCUT2D eigenvalue weighted by atomic mass is 9.75. The summed E-state index contributed by atoms with van der Waals surface area (Å²) in [6, 6.07) is 25.2. The van der Waals surface area contributed by atoms with Crippen molar-refractivity contribution >= 4 is 55.3 Å². The van der Waals surface area contributed by atoms with Crippen LogP contribution in [-0.4, -0.2) is 83.7 Å². The van der Waals surface area contributed by atoms with Gasteiger partial charge in [0.2, 0.25) is 5.88 Å². The van der Waals surface area contributed by atoms with Crippen LogP contribution < -0.4 is 19.3 Å². The van der Waals surface area contributed by atoms with Gasteiger partial charge in [0, 0.05) is 65.7 Å². The van der Waals surface area contributed by atoms with Crippen LogP contribution in [0.3, 0.4) is 0 Å². The van der Waals surface area contributed by atoms with E-state index in [1.54, 1.807) is 0 Å².